The average molecular weight is 543 g/mol. The normalized spacial score (nSPS) is 14.0. The molecule has 0 fully saturated rings. The maximum absolute atomic E-state index is 12.6. The van der Waals surface area contributed by atoms with Gasteiger partial charge in [-0.1, -0.05) is 29.4 Å². The van der Waals surface area contributed by atoms with Crippen molar-refractivity contribution in [3.8, 4) is 0 Å². The van der Waals surface area contributed by atoms with Gasteiger partial charge >= 0.3 is 18.1 Å². The van der Waals surface area contributed by atoms with Gasteiger partial charge < -0.3 is 19.0 Å². The summed E-state index contributed by atoms with van der Waals surface area (Å²) in [6, 6.07) is 12.9. The van der Waals surface area contributed by atoms with E-state index in [9.17, 15) is 22.8 Å². The van der Waals surface area contributed by atoms with Crippen LogP contribution in [-0.4, -0.2) is 39.8 Å². The Bertz CT molecular complexity index is 1450. The number of pyridine rings is 1. The van der Waals surface area contributed by atoms with Crippen LogP contribution in [0.1, 0.15) is 53.9 Å². The summed E-state index contributed by atoms with van der Waals surface area (Å²) in [6.45, 7) is 0.917. The second-order valence-electron chi connectivity index (χ2n) is 9.35. The van der Waals surface area contributed by atoms with Gasteiger partial charge in [0.2, 0.25) is 5.89 Å². The summed E-state index contributed by atoms with van der Waals surface area (Å²) < 4.78 is 52.8. The van der Waals surface area contributed by atoms with Crippen molar-refractivity contribution in [3.63, 3.8) is 0 Å². The minimum atomic E-state index is -5.28. The lowest BCUT2D eigenvalue weighted by Crippen LogP contribution is -2.28. The van der Waals surface area contributed by atoms with Crippen LogP contribution in [0.4, 0.5) is 19.0 Å². The van der Waals surface area contributed by atoms with Gasteiger partial charge in [0, 0.05) is 36.4 Å². The Balaban J connectivity index is 1.24. The molecule has 1 atom stereocenters. The first-order chi connectivity index (χ1) is 18.7. The molecule has 0 bridgehead atoms. The summed E-state index contributed by atoms with van der Waals surface area (Å²) >= 11 is 0. The zero-order chi connectivity index (χ0) is 27.4. The predicted molar refractivity (Wildman–Crippen MR) is 132 cm³/mol. The number of nitrogens with one attached hydrogen (secondary N) is 1. The number of para-hydroxylation sites is 1. The van der Waals surface area contributed by atoms with E-state index in [1.807, 2.05) is 6.07 Å². The topological polar surface area (TPSA) is 120 Å². The number of furan rings is 1. The fourth-order valence-corrected chi connectivity index (χ4v) is 4.50. The first kappa shape index (κ1) is 26.4. The number of aromatic nitrogens is 3. The van der Waals surface area contributed by atoms with E-state index in [0.717, 1.165) is 49.1 Å². The fourth-order valence-electron chi connectivity index (χ4n) is 4.50. The number of hydrogen-bond donors (Lipinski definition) is 1. The molecule has 1 aromatic carbocycles. The third-order valence-electron chi connectivity index (χ3n) is 6.41. The van der Waals surface area contributed by atoms with Crippen LogP contribution >= 0.6 is 0 Å². The van der Waals surface area contributed by atoms with E-state index in [1.54, 1.807) is 30.3 Å². The van der Waals surface area contributed by atoms with Crippen LogP contribution in [0.3, 0.4) is 0 Å². The first-order valence-electron chi connectivity index (χ1n) is 12.6. The first-order valence-corrected chi connectivity index (χ1v) is 12.6. The molecule has 0 amide bonds. The number of aryl methyl sites for hydroxylation is 3. The van der Waals surface area contributed by atoms with Gasteiger partial charge in [-0.3, -0.25) is 4.79 Å². The Morgan fingerprint density at radius 1 is 1.10 bits per heavy atom. The number of hydrogen-bond acceptors (Lipinski definition) is 9. The summed E-state index contributed by atoms with van der Waals surface area (Å²) in [7, 11) is 0. The molecule has 1 aliphatic heterocycles. The van der Waals surface area contributed by atoms with E-state index in [2.05, 4.69) is 31.2 Å². The SMILES string of the molecule is O=C(CC(Cc1nc(CCCc2ccc3c(n2)NCCC3)no1)c1cc2ccccc2o1)OC(=O)C(F)(F)F. The quantitative estimate of drug-likeness (QED) is 0.228. The summed E-state index contributed by atoms with van der Waals surface area (Å²) in [5.41, 5.74) is 2.72. The van der Waals surface area contributed by atoms with E-state index in [0.29, 0.717) is 23.6 Å². The van der Waals surface area contributed by atoms with Crippen LogP contribution in [0.5, 0.6) is 0 Å². The van der Waals surface area contributed by atoms with Crippen molar-refractivity contribution in [1.29, 1.82) is 0 Å². The van der Waals surface area contributed by atoms with Gasteiger partial charge in [-0.2, -0.15) is 18.2 Å². The van der Waals surface area contributed by atoms with Gasteiger partial charge in [0.25, 0.3) is 0 Å². The molecule has 4 aromatic rings. The predicted octanol–water partition coefficient (Wildman–Crippen LogP) is 5.09. The molecule has 204 valence electrons. The molecule has 9 nitrogen and oxygen atoms in total. The third-order valence-corrected chi connectivity index (χ3v) is 6.41. The van der Waals surface area contributed by atoms with Gasteiger partial charge in [0.05, 0.1) is 6.42 Å². The number of alkyl halides is 3. The molecule has 4 heterocycles. The molecule has 0 saturated heterocycles. The summed E-state index contributed by atoms with van der Waals surface area (Å²) in [5.74, 6) is -2.81. The van der Waals surface area contributed by atoms with Crippen LogP contribution in [-0.2, 0) is 40.0 Å². The van der Waals surface area contributed by atoms with Gasteiger partial charge in [0.1, 0.15) is 17.2 Å². The number of anilines is 1. The van der Waals surface area contributed by atoms with E-state index in [4.69, 9.17) is 8.94 Å². The van der Waals surface area contributed by atoms with Crippen LogP contribution in [0.15, 0.2) is 51.4 Å². The number of ether oxygens (including phenoxy) is 1. The van der Waals surface area contributed by atoms with Crippen LogP contribution in [0.25, 0.3) is 11.0 Å². The Hall–Kier alpha value is -4.22. The van der Waals surface area contributed by atoms with Crippen molar-refractivity contribution in [2.45, 2.75) is 57.0 Å². The Morgan fingerprint density at radius 3 is 2.77 bits per heavy atom. The average Bonchev–Trinajstić information content (AvgIpc) is 3.54. The summed E-state index contributed by atoms with van der Waals surface area (Å²) in [5, 5.41) is 8.06. The van der Waals surface area contributed by atoms with Gasteiger partial charge in [0.15, 0.2) is 5.82 Å². The Kier molecular flexibility index (Phi) is 7.62. The Morgan fingerprint density at radius 2 is 1.95 bits per heavy atom. The van der Waals surface area contributed by atoms with E-state index >= 15 is 0 Å². The van der Waals surface area contributed by atoms with Gasteiger partial charge in [-0.25, -0.2) is 9.78 Å². The molecule has 0 saturated carbocycles. The Labute approximate surface area is 220 Å². The minimum Gasteiger partial charge on any atom is -0.461 e. The number of rotatable bonds is 9. The molecule has 39 heavy (non-hydrogen) atoms. The van der Waals surface area contributed by atoms with Crippen molar-refractivity contribution in [1.82, 2.24) is 15.1 Å². The lowest BCUT2D eigenvalue weighted by molar-refractivity contribution is -0.202. The highest BCUT2D eigenvalue weighted by Gasteiger charge is 2.42. The fraction of sp³-hybridized carbons (Fsp3) is 0.370. The maximum Gasteiger partial charge on any atom is 0.491 e. The zero-order valence-corrected chi connectivity index (χ0v) is 20.8. The van der Waals surface area contributed by atoms with E-state index in [1.165, 1.54) is 5.56 Å². The molecule has 12 heteroatoms. The van der Waals surface area contributed by atoms with Gasteiger partial charge in [-0.05, 0) is 49.4 Å². The number of halogens is 3. The monoisotopic (exact) mass is 542 g/mol. The number of fused-ring (bicyclic) bond motifs is 2. The van der Waals surface area contributed by atoms with E-state index < -0.39 is 30.5 Å². The molecule has 0 spiro atoms. The second kappa shape index (κ2) is 11.3. The zero-order valence-electron chi connectivity index (χ0n) is 20.8. The third kappa shape index (κ3) is 6.62. The maximum atomic E-state index is 12.6. The smallest absolute Gasteiger partial charge is 0.461 e. The van der Waals surface area contributed by atoms with Gasteiger partial charge in [-0.15, -0.1) is 0 Å². The van der Waals surface area contributed by atoms with Crippen LogP contribution in [0.2, 0.25) is 0 Å². The molecular weight excluding hydrogens is 517 g/mol. The summed E-state index contributed by atoms with van der Waals surface area (Å²) in [6.07, 6.45) is -1.75. The lowest BCUT2D eigenvalue weighted by Gasteiger charge is -2.17. The standard InChI is InChI=1S/C27H25F3N4O5/c28-27(29,30)26(36)38-24(35)15-18(21-13-17-5-1-2-8-20(17)37-21)14-23-33-22(34-39-23)9-3-7-19-11-10-16-6-4-12-31-25(16)32-19/h1-2,5,8,10-11,13,18H,3-4,6-7,9,12,14-15H2,(H,31,32). The minimum absolute atomic E-state index is 0.000176. The number of carbonyl (C=O) groups excluding carboxylic acids is 2. The van der Waals surface area contributed by atoms with Crippen molar-refractivity contribution in [2.24, 2.45) is 0 Å². The molecule has 5 rings (SSSR count). The molecule has 0 aliphatic carbocycles. The highest BCUT2D eigenvalue weighted by Crippen LogP contribution is 2.31. The van der Waals surface area contributed by atoms with Crippen molar-refractivity contribution >= 4 is 28.7 Å². The number of carbonyl (C=O) groups is 2. The molecular formula is C27H25F3N4O5. The largest absolute Gasteiger partial charge is 0.491 e. The number of benzene rings is 1. The van der Waals surface area contributed by atoms with Crippen molar-refractivity contribution < 1.29 is 36.4 Å². The molecule has 3 aromatic heterocycles. The van der Waals surface area contributed by atoms with Crippen LogP contribution in [0, 0.1) is 0 Å². The molecule has 0 radical (unpaired) electrons. The van der Waals surface area contributed by atoms with Crippen molar-refractivity contribution in [2.75, 3.05) is 11.9 Å². The highest BCUT2D eigenvalue weighted by molar-refractivity contribution is 5.88. The lowest BCUT2D eigenvalue weighted by atomic mass is 9.98. The van der Waals surface area contributed by atoms with Crippen LogP contribution < -0.4 is 5.32 Å². The van der Waals surface area contributed by atoms with E-state index in [-0.39, 0.29) is 12.3 Å². The highest BCUT2D eigenvalue weighted by atomic mass is 19.4. The number of esters is 2. The van der Waals surface area contributed by atoms with Crippen molar-refractivity contribution in [3.05, 3.63) is 71.2 Å². The molecule has 1 unspecified atom stereocenters. The molecule has 1 N–H and O–H groups in total. The number of nitrogens with zero attached hydrogens (tertiary/aromatic N) is 3. The second-order valence-corrected chi connectivity index (χ2v) is 9.35. The summed E-state index contributed by atoms with van der Waals surface area (Å²) in [4.78, 5) is 32.4. The molecule has 1 aliphatic rings.